The van der Waals surface area contributed by atoms with Gasteiger partial charge in [0.05, 0.1) is 22.3 Å². The van der Waals surface area contributed by atoms with Crippen molar-refractivity contribution in [1.82, 2.24) is 5.32 Å². The van der Waals surface area contributed by atoms with Crippen LogP contribution >= 0.6 is 23.2 Å². The molecule has 0 aliphatic heterocycles. The van der Waals surface area contributed by atoms with Crippen molar-refractivity contribution in [2.75, 3.05) is 19.0 Å². The van der Waals surface area contributed by atoms with Gasteiger partial charge in [-0.3, -0.25) is 4.79 Å². The number of halogens is 3. The van der Waals surface area contributed by atoms with Gasteiger partial charge >= 0.3 is 0 Å². The van der Waals surface area contributed by atoms with E-state index in [4.69, 9.17) is 28.9 Å². The van der Waals surface area contributed by atoms with E-state index in [9.17, 15) is 9.18 Å². The van der Waals surface area contributed by atoms with Crippen molar-refractivity contribution in [3.05, 3.63) is 27.7 Å². The molecule has 0 unspecified atom stereocenters. The molecule has 0 aromatic heterocycles. The van der Waals surface area contributed by atoms with Crippen molar-refractivity contribution >= 4 is 34.7 Å². The van der Waals surface area contributed by atoms with E-state index in [-0.39, 0.29) is 28.1 Å². The van der Waals surface area contributed by atoms with E-state index in [0.717, 1.165) is 0 Å². The number of carbonyl (C=O) groups is 1. The van der Waals surface area contributed by atoms with Crippen LogP contribution in [-0.2, 0) is 0 Å². The molecule has 3 nitrogen and oxygen atoms in total. The Morgan fingerprint density at radius 3 is 2.33 bits per heavy atom. The Labute approximate surface area is 115 Å². The van der Waals surface area contributed by atoms with Crippen molar-refractivity contribution in [2.24, 2.45) is 0 Å². The Bertz CT molecular complexity index is 440. The van der Waals surface area contributed by atoms with E-state index in [1.807, 2.05) is 0 Å². The van der Waals surface area contributed by atoms with Crippen LogP contribution < -0.4 is 11.1 Å². The number of benzene rings is 1. The van der Waals surface area contributed by atoms with Crippen molar-refractivity contribution in [2.45, 2.75) is 19.4 Å². The van der Waals surface area contributed by atoms with Gasteiger partial charge in [0.2, 0.25) is 0 Å². The van der Waals surface area contributed by atoms with Crippen LogP contribution in [0, 0.1) is 0 Å². The van der Waals surface area contributed by atoms with Gasteiger partial charge in [0.1, 0.15) is 6.67 Å². The average Bonchev–Trinajstić information content (AvgIpc) is 2.32. The van der Waals surface area contributed by atoms with Crippen LogP contribution in [-0.4, -0.2) is 24.5 Å². The fraction of sp³-hybridized carbons (Fsp3) is 0.417. The third-order valence-electron chi connectivity index (χ3n) is 2.46. The summed E-state index contributed by atoms with van der Waals surface area (Å²) in [5.74, 6) is -0.222. The van der Waals surface area contributed by atoms with Crippen LogP contribution in [0.4, 0.5) is 10.1 Å². The molecule has 0 saturated carbocycles. The van der Waals surface area contributed by atoms with Crippen molar-refractivity contribution in [1.29, 1.82) is 0 Å². The lowest BCUT2D eigenvalue weighted by Crippen LogP contribution is -2.44. The second-order valence-corrected chi connectivity index (χ2v) is 5.46. The quantitative estimate of drug-likeness (QED) is 0.648. The molecule has 0 atom stereocenters. The molecule has 1 aromatic rings. The number of hydrogen-bond acceptors (Lipinski definition) is 3. The zero-order valence-electron chi connectivity index (χ0n) is 10.2. The van der Waals surface area contributed by atoms with Gasteiger partial charge in [-0.05, 0) is 26.0 Å². The first-order valence-corrected chi connectivity index (χ1v) is 6.11. The fourth-order valence-corrected chi connectivity index (χ4v) is 1.70. The van der Waals surface area contributed by atoms with Crippen LogP contribution in [0.25, 0.3) is 0 Å². The number of anilines is 1. The highest BCUT2D eigenvalue weighted by molar-refractivity contribution is 6.39. The summed E-state index contributed by atoms with van der Waals surface area (Å²) in [5, 5.41) is 3.28. The molecule has 18 heavy (non-hydrogen) atoms. The summed E-state index contributed by atoms with van der Waals surface area (Å²) >= 11 is 11.7. The van der Waals surface area contributed by atoms with Gasteiger partial charge in [0.15, 0.2) is 5.78 Å². The Hall–Kier alpha value is -0.840. The third kappa shape index (κ3) is 3.83. The molecule has 0 saturated heterocycles. The Morgan fingerprint density at radius 2 is 1.89 bits per heavy atom. The lowest BCUT2D eigenvalue weighted by molar-refractivity contribution is 0.0977. The number of ketones is 1. The maximum absolute atomic E-state index is 12.6. The standard InChI is InChI=1S/C12H15Cl2FN2O/c1-12(2,6-15)17-5-10(18)7-3-8(13)11(16)9(14)4-7/h3-4,17H,5-6,16H2,1-2H3. The molecule has 0 aliphatic carbocycles. The monoisotopic (exact) mass is 292 g/mol. The minimum atomic E-state index is -0.739. The predicted octanol–water partition coefficient (Wildman–Crippen LogP) is 3.10. The molecule has 0 bridgehead atoms. The molecule has 0 aliphatic rings. The predicted molar refractivity (Wildman–Crippen MR) is 73.3 cm³/mol. The average molecular weight is 293 g/mol. The van der Waals surface area contributed by atoms with Crippen molar-refractivity contribution in [3.8, 4) is 0 Å². The van der Waals surface area contributed by atoms with Gasteiger partial charge < -0.3 is 11.1 Å². The third-order valence-corrected chi connectivity index (χ3v) is 3.09. The molecule has 1 rings (SSSR count). The first-order chi connectivity index (χ1) is 8.26. The van der Waals surface area contributed by atoms with Gasteiger partial charge in [0.25, 0.3) is 0 Å². The lowest BCUT2D eigenvalue weighted by atomic mass is 10.1. The van der Waals surface area contributed by atoms with E-state index in [2.05, 4.69) is 5.32 Å². The Kier molecular flexibility index (Phi) is 4.96. The number of nitrogens with two attached hydrogens (primary N) is 1. The smallest absolute Gasteiger partial charge is 0.176 e. The maximum Gasteiger partial charge on any atom is 0.176 e. The molecular formula is C12H15Cl2FN2O. The van der Waals surface area contributed by atoms with E-state index in [1.54, 1.807) is 13.8 Å². The van der Waals surface area contributed by atoms with Gasteiger partial charge in [0, 0.05) is 11.1 Å². The van der Waals surface area contributed by atoms with Crippen LogP contribution in [0.1, 0.15) is 24.2 Å². The molecule has 1 aromatic carbocycles. The van der Waals surface area contributed by atoms with Crippen molar-refractivity contribution in [3.63, 3.8) is 0 Å². The highest BCUT2D eigenvalue weighted by Gasteiger charge is 2.19. The second-order valence-electron chi connectivity index (χ2n) is 4.65. The topological polar surface area (TPSA) is 55.1 Å². The first-order valence-electron chi connectivity index (χ1n) is 5.35. The molecule has 0 spiro atoms. The molecule has 6 heteroatoms. The van der Waals surface area contributed by atoms with Crippen molar-refractivity contribution < 1.29 is 9.18 Å². The van der Waals surface area contributed by atoms with E-state index < -0.39 is 12.2 Å². The molecule has 0 fully saturated rings. The summed E-state index contributed by atoms with van der Waals surface area (Å²) in [6, 6.07) is 2.91. The summed E-state index contributed by atoms with van der Waals surface area (Å²) in [6.07, 6.45) is 0. The maximum atomic E-state index is 12.6. The molecule has 3 N–H and O–H groups in total. The number of hydrogen-bond donors (Lipinski definition) is 2. The zero-order chi connectivity index (χ0) is 13.9. The minimum absolute atomic E-state index is 0.00744. The SMILES string of the molecule is CC(C)(CF)NCC(=O)c1cc(Cl)c(N)c(Cl)c1. The van der Waals surface area contributed by atoms with E-state index in [1.165, 1.54) is 12.1 Å². The Balaban J connectivity index is 2.80. The molecule has 0 heterocycles. The van der Waals surface area contributed by atoms with E-state index >= 15 is 0 Å². The van der Waals surface area contributed by atoms with Gasteiger partial charge in [-0.2, -0.15) is 0 Å². The number of nitrogen functional groups attached to an aromatic ring is 1. The van der Waals surface area contributed by atoms with E-state index in [0.29, 0.717) is 5.56 Å². The minimum Gasteiger partial charge on any atom is -0.396 e. The molecule has 0 amide bonds. The number of carbonyl (C=O) groups excluding carboxylic acids is 1. The van der Waals surface area contributed by atoms with Gasteiger partial charge in [-0.15, -0.1) is 0 Å². The van der Waals surface area contributed by atoms with Crippen LogP contribution in [0.3, 0.4) is 0 Å². The molecule has 0 radical (unpaired) electrons. The first kappa shape index (κ1) is 15.2. The zero-order valence-corrected chi connectivity index (χ0v) is 11.7. The molecule has 100 valence electrons. The molecular weight excluding hydrogens is 278 g/mol. The van der Waals surface area contributed by atoms with Gasteiger partial charge in [-0.1, -0.05) is 23.2 Å². The second kappa shape index (κ2) is 5.87. The van der Waals surface area contributed by atoms with Crippen LogP contribution in [0.15, 0.2) is 12.1 Å². The summed E-state index contributed by atoms with van der Waals surface area (Å²) in [5.41, 5.74) is 5.43. The number of rotatable bonds is 5. The van der Waals surface area contributed by atoms with Crippen LogP contribution in [0.2, 0.25) is 10.0 Å². The largest absolute Gasteiger partial charge is 0.396 e. The lowest BCUT2D eigenvalue weighted by Gasteiger charge is -2.21. The normalized spacial score (nSPS) is 11.6. The number of alkyl halides is 1. The van der Waals surface area contributed by atoms with Crippen LogP contribution in [0.5, 0.6) is 0 Å². The summed E-state index contributed by atoms with van der Waals surface area (Å²) in [7, 11) is 0. The summed E-state index contributed by atoms with van der Waals surface area (Å²) in [4.78, 5) is 11.9. The summed E-state index contributed by atoms with van der Waals surface area (Å²) < 4.78 is 12.6. The number of Topliss-reactive ketones (excluding diaryl/α,β-unsaturated/α-hetero) is 1. The number of nitrogens with one attached hydrogen (secondary N) is 1. The highest BCUT2D eigenvalue weighted by atomic mass is 35.5. The fourth-order valence-electron chi connectivity index (χ4n) is 1.21. The highest BCUT2D eigenvalue weighted by Crippen LogP contribution is 2.28. The van der Waals surface area contributed by atoms with Gasteiger partial charge in [-0.25, -0.2) is 4.39 Å². The Morgan fingerprint density at radius 1 is 1.39 bits per heavy atom. The summed E-state index contributed by atoms with van der Waals surface area (Å²) in [6.45, 7) is 2.78.